The summed E-state index contributed by atoms with van der Waals surface area (Å²) in [7, 11) is 0. The van der Waals surface area contributed by atoms with Crippen molar-refractivity contribution in [3.63, 3.8) is 0 Å². The van der Waals surface area contributed by atoms with Gasteiger partial charge in [-0.05, 0) is 75.2 Å². The number of hydrogen-bond acceptors (Lipinski definition) is 0. The van der Waals surface area contributed by atoms with Crippen molar-refractivity contribution in [3.05, 3.63) is 366 Å². The maximum atomic E-state index is 15.4. The van der Waals surface area contributed by atoms with Crippen molar-refractivity contribution in [3.8, 4) is 0 Å². The van der Waals surface area contributed by atoms with E-state index in [1.807, 2.05) is 0 Å². The van der Waals surface area contributed by atoms with Gasteiger partial charge in [-0.15, -0.1) is 43.7 Å². The van der Waals surface area contributed by atoms with Crippen LogP contribution in [0.2, 0.25) is 0 Å². The Morgan fingerprint density at radius 1 is 0.150 bits per heavy atom. The summed E-state index contributed by atoms with van der Waals surface area (Å²) in [6.45, 7) is 8.84. The van der Waals surface area contributed by atoms with Crippen LogP contribution in [0.15, 0.2) is 97.1 Å². The molecule has 0 aliphatic carbocycles. The van der Waals surface area contributed by atoms with Gasteiger partial charge in [-0.1, -0.05) is 60.7 Å². The van der Waals surface area contributed by atoms with Crippen LogP contribution in [0.5, 0.6) is 0 Å². The molecule has 0 unspecified atom stereocenters. The monoisotopic (exact) mass is 1980 g/mol. The number of rotatable bonds is 12. The van der Waals surface area contributed by atoms with E-state index < -0.39 is 289 Å². The summed E-state index contributed by atoms with van der Waals surface area (Å²) >= 11 is -0.0196. The summed E-state index contributed by atoms with van der Waals surface area (Å²) in [6.07, 6.45) is -14.4. The topological polar surface area (TPSA) is 0 Å². The zero-order valence-electron chi connectivity index (χ0n) is 58.3. The van der Waals surface area contributed by atoms with Gasteiger partial charge in [0.25, 0.3) is 0 Å². The molecule has 632 valence electrons. The van der Waals surface area contributed by atoms with Crippen LogP contribution < -0.4 is 86.1 Å². The lowest BCUT2D eigenvalue weighted by molar-refractivity contribution is -0.598. The maximum Gasteiger partial charge on any atom is 0.358 e. The first kappa shape index (κ1) is 93.3. The van der Waals surface area contributed by atoms with Gasteiger partial charge in [0, 0.05) is 11.1 Å². The summed E-state index contributed by atoms with van der Waals surface area (Å²) in [5.74, 6) is -143. The molecule has 0 saturated heterocycles. The van der Waals surface area contributed by atoms with E-state index in [-0.39, 0.29) is 42.4 Å². The molecule has 0 bridgehead atoms. The smallest absolute Gasteiger partial charge is 0.207 e. The zero-order chi connectivity index (χ0) is 90.1. The van der Waals surface area contributed by atoms with Gasteiger partial charge in [0.05, 0.1) is 0 Å². The Morgan fingerprint density at radius 3 is 0.408 bits per heavy atom. The van der Waals surface area contributed by atoms with Crippen LogP contribution in [0.25, 0.3) is 0 Å². The molecule has 12 aromatic rings. The number of halogens is 42. The van der Waals surface area contributed by atoms with Crippen molar-refractivity contribution in [2.24, 2.45) is 0 Å². The van der Waals surface area contributed by atoms with Crippen LogP contribution >= 0.6 is 0 Å². The molecule has 0 aliphatic heterocycles. The highest BCUT2D eigenvalue weighted by Crippen LogP contribution is 2.35. The van der Waals surface area contributed by atoms with E-state index in [4.69, 9.17) is 0 Å². The second-order valence-corrected chi connectivity index (χ2v) is 30.6. The fourth-order valence-electron chi connectivity index (χ4n) is 12.6. The highest BCUT2D eigenvalue weighted by molar-refractivity contribution is 7.21. The van der Waals surface area contributed by atoms with E-state index in [0.717, 1.165) is 0 Å². The predicted octanol–water partition coefficient (Wildman–Crippen LogP) is 12.6. The largest absolute Gasteiger partial charge is 0.358 e. The number of benzene rings is 12. The van der Waals surface area contributed by atoms with E-state index in [1.165, 1.54) is 29.4 Å². The maximum absolute atomic E-state index is 15.4. The molecule has 0 nitrogen and oxygen atoms in total. The predicted molar refractivity (Wildman–Crippen MR) is 338 cm³/mol. The lowest BCUT2D eigenvalue weighted by Crippen LogP contribution is -3.61. The molecule has 0 fully saturated rings. The van der Waals surface area contributed by atoms with Crippen LogP contribution in [-0.4, -0.2) is 12.3 Å². The summed E-state index contributed by atoms with van der Waals surface area (Å²) in [6, 6.07) is 34.8. The molecule has 12 rings (SSSR count). The Labute approximate surface area is 664 Å². The van der Waals surface area contributed by atoms with Gasteiger partial charge < -0.3 is 0 Å². The van der Waals surface area contributed by atoms with Gasteiger partial charge in [0.1, 0.15) is 105 Å². The molecule has 0 spiro atoms. The van der Waals surface area contributed by atoms with Gasteiger partial charge in [-0.25, -0.2) is 176 Å². The van der Waals surface area contributed by atoms with E-state index in [2.05, 4.69) is 125 Å². The molecule has 0 aromatic heterocycles. The first-order chi connectivity index (χ1) is 55.9. The lowest BCUT2D eigenvalue weighted by atomic mass is 9.12. The standard InChI is InChI=1S/2C24BF20.2C14H14I/c2*26-5-1(6(27)14(35)21(42)13(5)34)25(2-7(28)15(36)22(43)16(37)8(2)29,3-9(30)17(38)23(44)18(39)10(3)31)4-11(32)19(40)24(45)20(41)12(4)33;2*1-11-7-6-10-14(12(11)2)15-13-8-4-3-5-9-13/h;;2*3-10H,1-2H3/q2*-1;2*+1. The third kappa shape index (κ3) is 15.4. The third-order valence-corrected chi connectivity index (χ3v) is 24.6. The Kier molecular flexibility index (Phi) is 27.7. The van der Waals surface area contributed by atoms with Crippen LogP contribution in [-0.2, 0) is 0 Å². The lowest BCUT2D eigenvalue weighted by Gasteiger charge is -2.44. The summed E-state index contributed by atoms with van der Waals surface area (Å²) in [4.78, 5) is 0. The van der Waals surface area contributed by atoms with E-state index >= 15 is 70.2 Å². The second kappa shape index (κ2) is 35.6. The van der Waals surface area contributed by atoms with Crippen molar-refractivity contribution in [1.29, 1.82) is 0 Å². The molecule has 0 amide bonds. The third-order valence-electron chi connectivity index (χ3n) is 18.4. The highest BCUT2D eigenvalue weighted by atomic mass is 127. The highest BCUT2D eigenvalue weighted by Gasteiger charge is 2.55. The first-order valence-corrected chi connectivity index (χ1v) is 36.2. The van der Waals surface area contributed by atoms with E-state index in [1.54, 1.807) is 7.14 Å². The SMILES string of the molecule is Cc1cccc([I+]c2ccccc2)c1C.Cc1cccc([I+]c2ccccc2)c1C.Fc1c(F)c(F)c([B-](c2c(F)c(F)c(F)c(F)c2F)(c2c(F)c(F)c(F)c(F)c2F)c2c(F)c(F)c(F)c(F)c2F)c(F)c1F.Fc1c(F)c(F)c([B-](c2c(F)c(F)c(F)c(F)c2F)(c2c(F)c(F)c(F)c(F)c2F)c2c(F)c(F)c(F)c(F)c2F)c(F)c1F. The minimum atomic E-state index is -7.22. The van der Waals surface area contributed by atoms with E-state index in [0.29, 0.717) is 0 Å². The van der Waals surface area contributed by atoms with Gasteiger partial charge >= 0.3 is 42.4 Å². The molecular weight excluding hydrogens is 1950 g/mol. The Morgan fingerprint density at radius 2 is 0.275 bits per heavy atom. The fourth-order valence-corrected chi connectivity index (χ4v) is 17.9. The molecule has 44 heteroatoms. The molecular formula is C76H28B2F40I2. The molecule has 0 heterocycles. The molecule has 0 radical (unpaired) electrons. The Bertz CT molecular complexity index is 5020. The minimum absolute atomic E-state index is 0.00979. The van der Waals surface area contributed by atoms with Crippen molar-refractivity contribution in [2.75, 3.05) is 0 Å². The van der Waals surface area contributed by atoms with Crippen molar-refractivity contribution >= 4 is 56.0 Å². The number of hydrogen-bond donors (Lipinski definition) is 0. The Balaban J connectivity index is 0.000000203. The van der Waals surface area contributed by atoms with Gasteiger partial charge in [-0.2, -0.15) is 0 Å². The zero-order valence-corrected chi connectivity index (χ0v) is 62.6. The molecule has 120 heavy (non-hydrogen) atoms. The molecule has 0 aliphatic rings. The quantitative estimate of drug-likeness (QED) is 0.0376. The second-order valence-electron chi connectivity index (χ2n) is 24.7. The van der Waals surface area contributed by atoms with Crippen LogP contribution in [0.3, 0.4) is 0 Å². The molecule has 0 saturated carbocycles. The Hall–Kier alpha value is -10.6. The van der Waals surface area contributed by atoms with E-state index in [9.17, 15) is 105 Å². The average Bonchev–Trinajstić information content (AvgIpc) is 0.685. The van der Waals surface area contributed by atoms with Crippen molar-refractivity contribution < 1.29 is 218 Å². The van der Waals surface area contributed by atoms with Crippen molar-refractivity contribution in [2.45, 2.75) is 27.7 Å². The summed E-state index contributed by atoms with van der Waals surface area (Å²) in [5.41, 5.74) is -22.9. The average molecular weight is 1980 g/mol. The first-order valence-electron chi connectivity index (χ1n) is 31.9. The summed E-state index contributed by atoms with van der Waals surface area (Å²) in [5, 5.41) is 0. The van der Waals surface area contributed by atoms with Gasteiger partial charge in [0.2, 0.25) is 0 Å². The van der Waals surface area contributed by atoms with Crippen LogP contribution in [0, 0.1) is 275 Å². The minimum Gasteiger partial charge on any atom is -0.207 e. The number of aryl methyl sites for hydroxylation is 2. The van der Waals surface area contributed by atoms with Gasteiger partial charge in [-0.3, -0.25) is 0 Å². The normalized spacial score (nSPS) is 11.6. The molecule has 0 N–H and O–H groups in total. The van der Waals surface area contributed by atoms with Crippen LogP contribution in [0.1, 0.15) is 22.3 Å². The van der Waals surface area contributed by atoms with Crippen molar-refractivity contribution in [1.82, 2.24) is 0 Å². The molecule has 12 aromatic carbocycles. The fraction of sp³-hybridized carbons (Fsp3) is 0.0526. The van der Waals surface area contributed by atoms with Gasteiger partial charge in [0.15, 0.2) is 154 Å². The summed E-state index contributed by atoms with van der Waals surface area (Å²) < 4.78 is 594. The van der Waals surface area contributed by atoms with Crippen LogP contribution in [0.4, 0.5) is 176 Å². The molecule has 0 atom stereocenters.